The summed E-state index contributed by atoms with van der Waals surface area (Å²) in [7, 11) is 0. The van der Waals surface area contributed by atoms with Crippen LogP contribution in [0.4, 0.5) is 0 Å². The second-order valence-electron chi connectivity index (χ2n) is 4.69. The maximum atomic E-state index is 10.1. The van der Waals surface area contributed by atoms with Gasteiger partial charge in [0.2, 0.25) is 0 Å². The minimum absolute atomic E-state index is 0.279. The van der Waals surface area contributed by atoms with Crippen molar-refractivity contribution in [2.24, 2.45) is 5.92 Å². The first-order valence-corrected chi connectivity index (χ1v) is 6.09. The molecular weight excluding hydrogens is 216 g/mol. The Morgan fingerprint density at radius 2 is 2.41 bits per heavy atom. The number of rotatable bonds is 2. The first kappa shape index (κ1) is 10.6. The monoisotopic (exact) mass is 232 g/mol. The third kappa shape index (κ3) is 2.00. The maximum absolute atomic E-state index is 10.1. The van der Waals surface area contributed by atoms with Crippen LogP contribution in [-0.2, 0) is 6.42 Å². The maximum Gasteiger partial charge on any atom is 0.182 e. The number of benzene rings is 1. The molecule has 90 valence electrons. The van der Waals surface area contributed by atoms with Crippen LogP contribution in [0.2, 0.25) is 0 Å². The van der Waals surface area contributed by atoms with Gasteiger partial charge in [-0.05, 0) is 49.9 Å². The highest BCUT2D eigenvalue weighted by atomic mass is 16.3. The molecule has 3 rings (SSSR count). The summed E-state index contributed by atoms with van der Waals surface area (Å²) in [5.74, 6) is 0.890. The van der Waals surface area contributed by atoms with E-state index in [9.17, 15) is 5.11 Å². The van der Waals surface area contributed by atoms with Gasteiger partial charge in [-0.15, -0.1) is 0 Å². The van der Waals surface area contributed by atoms with Crippen molar-refractivity contribution in [1.29, 1.82) is 0 Å². The molecule has 2 heterocycles. The van der Waals surface area contributed by atoms with E-state index >= 15 is 0 Å². The van der Waals surface area contributed by atoms with Crippen molar-refractivity contribution in [3.8, 4) is 5.75 Å². The van der Waals surface area contributed by atoms with Crippen molar-refractivity contribution in [3.63, 3.8) is 0 Å². The van der Waals surface area contributed by atoms with E-state index in [1.165, 1.54) is 19.2 Å². The standard InChI is InChI=1S/C13H16N2O2/c16-13-10(6-9-2-1-5-14-7-9)3-4-11-12(13)15-8-17-11/h3-4,8-9,14,16H,1-2,5-7H2. The number of piperidine rings is 1. The molecule has 0 saturated carbocycles. The number of hydrogen-bond donors (Lipinski definition) is 2. The molecule has 4 heteroatoms. The lowest BCUT2D eigenvalue weighted by Gasteiger charge is -2.22. The SMILES string of the molecule is Oc1c(CC2CCCNC2)ccc2ocnc12. The number of phenolic OH excluding ortho intramolecular Hbond substituents is 1. The van der Waals surface area contributed by atoms with Crippen molar-refractivity contribution >= 4 is 11.1 Å². The van der Waals surface area contributed by atoms with E-state index in [0.717, 1.165) is 25.1 Å². The van der Waals surface area contributed by atoms with Gasteiger partial charge in [-0.3, -0.25) is 0 Å². The summed E-state index contributed by atoms with van der Waals surface area (Å²) in [5.41, 5.74) is 2.19. The molecule has 0 spiro atoms. The van der Waals surface area contributed by atoms with Gasteiger partial charge in [0, 0.05) is 0 Å². The van der Waals surface area contributed by atoms with Crippen molar-refractivity contribution < 1.29 is 9.52 Å². The number of nitrogens with zero attached hydrogens (tertiary/aromatic N) is 1. The fourth-order valence-electron chi connectivity index (χ4n) is 2.53. The molecule has 0 aliphatic carbocycles. The number of nitrogens with one attached hydrogen (secondary N) is 1. The quantitative estimate of drug-likeness (QED) is 0.832. The molecule has 2 aromatic rings. The summed E-state index contributed by atoms with van der Waals surface area (Å²) in [4.78, 5) is 4.04. The summed E-state index contributed by atoms with van der Waals surface area (Å²) in [6.07, 6.45) is 4.72. The summed E-state index contributed by atoms with van der Waals surface area (Å²) >= 11 is 0. The van der Waals surface area contributed by atoms with E-state index in [2.05, 4.69) is 10.3 Å². The molecule has 1 saturated heterocycles. The average Bonchev–Trinajstić information content (AvgIpc) is 2.83. The number of oxazole rings is 1. The molecule has 1 aromatic heterocycles. The zero-order valence-electron chi connectivity index (χ0n) is 9.65. The second-order valence-corrected chi connectivity index (χ2v) is 4.69. The topological polar surface area (TPSA) is 58.3 Å². The molecule has 1 aromatic carbocycles. The van der Waals surface area contributed by atoms with Crippen LogP contribution in [0.25, 0.3) is 11.1 Å². The molecule has 2 N–H and O–H groups in total. The Balaban J connectivity index is 1.86. The lowest BCUT2D eigenvalue weighted by Crippen LogP contribution is -2.30. The van der Waals surface area contributed by atoms with E-state index in [1.807, 2.05) is 12.1 Å². The lowest BCUT2D eigenvalue weighted by atomic mass is 9.92. The van der Waals surface area contributed by atoms with Gasteiger partial charge in [-0.1, -0.05) is 6.07 Å². The molecule has 1 aliphatic rings. The minimum atomic E-state index is 0.279. The highest BCUT2D eigenvalue weighted by Gasteiger charge is 2.17. The number of hydrogen-bond acceptors (Lipinski definition) is 4. The molecule has 1 fully saturated rings. The summed E-state index contributed by atoms with van der Waals surface area (Å²) in [6, 6.07) is 3.82. The van der Waals surface area contributed by atoms with Crippen molar-refractivity contribution in [2.45, 2.75) is 19.3 Å². The Morgan fingerprint density at radius 1 is 1.47 bits per heavy atom. The van der Waals surface area contributed by atoms with Crippen LogP contribution in [0.5, 0.6) is 5.75 Å². The second kappa shape index (κ2) is 4.37. The summed E-state index contributed by atoms with van der Waals surface area (Å²) < 4.78 is 5.16. The summed E-state index contributed by atoms with van der Waals surface area (Å²) in [5, 5.41) is 13.5. The van der Waals surface area contributed by atoms with Crippen LogP contribution in [-0.4, -0.2) is 23.2 Å². The number of phenols is 1. The normalized spacial score (nSPS) is 20.8. The molecule has 1 atom stereocenters. The smallest absolute Gasteiger partial charge is 0.182 e. The molecule has 4 nitrogen and oxygen atoms in total. The Labute approximate surface area is 99.7 Å². The lowest BCUT2D eigenvalue weighted by molar-refractivity contribution is 0.370. The van der Waals surface area contributed by atoms with Crippen LogP contribution in [0, 0.1) is 5.92 Å². The van der Waals surface area contributed by atoms with E-state index in [0.29, 0.717) is 17.0 Å². The molecule has 1 aliphatic heterocycles. The van der Waals surface area contributed by atoms with Gasteiger partial charge >= 0.3 is 0 Å². The van der Waals surface area contributed by atoms with Gasteiger partial charge in [0.25, 0.3) is 0 Å². The molecule has 0 radical (unpaired) electrons. The van der Waals surface area contributed by atoms with Gasteiger partial charge in [0.1, 0.15) is 5.75 Å². The van der Waals surface area contributed by atoms with E-state index in [-0.39, 0.29) is 5.75 Å². The van der Waals surface area contributed by atoms with Crippen LogP contribution in [0.15, 0.2) is 22.9 Å². The highest BCUT2D eigenvalue weighted by Crippen LogP contribution is 2.30. The van der Waals surface area contributed by atoms with Crippen LogP contribution < -0.4 is 5.32 Å². The molecular formula is C13H16N2O2. The fourth-order valence-corrected chi connectivity index (χ4v) is 2.53. The van der Waals surface area contributed by atoms with E-state index < -0.39 is 0 Å². The zero-order chi connectivity index (χ0) is 11.7. The van der Waals surface area contributed by atoms with Gasteiger partial charge in [-0.2, -0.15) is 0 Å². The van der Waals surface area contributed by atoms with Crippen LogP contribution >= 0.6 is 0 Å². The number of aromatic hydroxyl groups is 1. The molecule has 0 amide bonds. The van der Waals surface area contributed by atoms with Gasteiger partial charge < -0.3 is 14.8 Å². The third-order valence-electron chi connectivity index (χ3n) is 3.47. The average molecular weight is 232 g/mol. The molecule has 1 unspecified atom stereocenters. The van der Waals surface area contributed by atoms with Crippen LogP contribution in [0.3, 0.4) is 0 Å². The largest absolute Gasteiger partial charge is 0.505 e. The third-order valence-corrected chi connectivity index (χ3v) is 3.47. The predicted octanol–water partition coefficient (Wildman–Crippen LogP) is 2.08. The molecule has 17 heavy (non-hydrogen) atoms. The summed E-state index contributed by atoms with van der Waals surface area (Å²) in [6.45, 7) is 2.15. The van der Waals surface area contributed by atoms with Gasteiger partial charge in [0.05, 0.1) is 0 Å². The Morgan fingerprint density at radius 3 is 3.24 bits per heavy atom. The Hall–Kier alpha value is -1.55. The van der Waals surface area contributed by atoms with Crippen LogP contribution in [0.1, 0.15) is 18.4 Å². The first-order chi connectivity index (χ1) is 8.34. The van der Waals surface area contributed by atoms with Crippen molar-refractivity contribution in [1.82, 2.24) is 10.3 Å². The first-order valence-electron chi connectivity index (χ1n) is 6.09. The van der Waals surface area contributed by atoms with Gasteiger partial charge in [-0.25, -0.2) is 4.98 Å². The van der Waals surface area contributed by atoms with Gasteiger partial charge in [0.15, 0.2) is 17.5 Å². The number of fused-ring (bicyclic) bond motifs is 1. The van der Waals surface area contributed by atoms with E-state index in [1.54, 1.807) is 0 Å². The number of aromatic nitrogens is 1. The van der Waals surface area contributed by atoms with Crippen molar-refractivity contribution in [3.05, 3.63) is 24.1 Å². The Bertz CT molecular complexity index is 515. The van der Waals surface area contributed by atoms with E-state index in [4.69, 9.17) is 4.42 Å². The predicted molar refractivity (Wildman–Crippen MR) is 65.0 cm³/mol. The fraction of sp³-hybridized carbons (Fsp3) is 0.462. The highest BCUT2D eigenvalue weighted by molar-refractivity contribution is 5.80. The zero-order valence-corrected chi connectivity index (χ0v) is 9.65. The Kier molecular flexibility index (Phi) is 2.73. The minimum Gasteiger partial charge on any atom is -0.505 e. The molecule has 0 bridgehead atoms. The van der Waals surface area contributed by atoms with Crippen molar-refractivity contribution in [2.75, 3.05) is 13.1 Å².